The average molecular weight is 241 g/mol. The van der Waals surface area contributed by atoms with Crippen LogP contribution in [0.25, 0.3) is 0 Å². The molecule has 0 radical (unpaired) electrons. The molecule has 0 unspecified atom stereocenters. The van der Waals surface area contributed by atoms with Crippen molar-refractivity contribution in [3.63, 3.8) is 0 Å². The van der Waals surface area contributed by atoms with Crippen LogP contribution in [0.2, 0.25) is 0 Å². The second-order valence-electron chi connectivity index (χ2n) is 2.85. The zero-order chi connectivity index (χ0) is 13.0. The maximum atomic E-state index is 12.0. The number of hydrogen-bond donors (Lipinski definition) is 1. The molecule has 88 valence electrons. The lowest BCUT2D eigenvalue weighted by Crippen LogP contribution is -2.08. The van der Waals surface area contributed by atoms with Gasteiger partial charge in [-0.3, -0.25) is 4.79 Å². The van der Waals surface area contributed by atoms with Gasteiger partial charge >= 0.3 is 12.6 Å². The summed E-state index contributed by atoms with van der Waals surface area (Å²) in [6, 6.07) is 3.12. The molecule has 1 N–H and O–H groups in total. The van der Waals surface area contributed by atoms with Gasteiger partial charge in [-0.25, -0.2) is 4.79 Å². The van der Waals surface area contributed by atoms with E-state index in [1.54, 1.807) is 0 Å². The van der Waals surface area contributed by atoms with Crippen LogP contribution in [0, 0.1) is 11.3 Å². The van der Waals surface area contributed by atoms with Gasteiger partial charge in [0.1, 0.15) is 11.8 Å². The molecular weight excluding hydrogens is 236 g/mol. The normalized spacial score (nSPS) is 9.76. The summed E-state index contributed by atoms with van der Waals surface area (Å²) in [5.74, 6) is -1.97. The minimum atomic E-state index is -3.17. The molecule has 0 aromatic heterocycles. The van der Waals surface area contributed by atoms with Gasteiger partial charge in [-0.2, -0.15) is 14.0 Å². The number of halogens is 2. The van der Waals surface area contributed by atoms with Gasteiger partial charge in [-0.15, -0.1) is 0 Å². The van der Waals surface area contributed by atoms with Crippen LogP contribution in [-0.2, 0) is 0 Å². The van der Waals surface area contributed by atoms with E-state index < -0.39 is 23.9 Å². The molecule has 1 aromatic rings. The third-order valence-corrected chi connectivity index (χ3v) is 1.84. The summed E-state index contributed by atoms with van der Waals surface area (Å²) in [5, 5.41) is 17.4. The quantitative estimate of drug-likeness (QED) is 0.810. The van der Waals surface area contributed by atoms with Crippen molar-refractivity contribution in [1.82, 2.24) is 0 Å². The molecule has 0 fully saturated rings. The van der Waals surface area contributed by atoms with Gasteiger partial charge in [0.05, 0.1) is 16.7 Å². The lowest BCUT2D eigenvalue weighted by Gasteiger charge is -2.08. The van der Waals surface area contributed by atoms with Gasteiger partial charge in [0, 0.05) is 0 Å². The summed E-state index contributed by atoms with van der Waals surface area (Å²) in [6.07, 6.45) is 0.172. The largest absolute Gasteiger partial charge is 0.478 e. The Kier molecular flexibility index (Phi) is 3.72. The summed E-state index contributed by atoms with van der Waals surface area (Å²) in [5.41, 5.74) is -1.17. The number of benzene rings is 1. The summed E-state index contributed by atoms with van der Waals surface area (Å²) in [6.45, 7) is -3.17. The van der Waals surface area contributed by atoms with Gasteiger partial charge in [-0.05, 0) is 12.1 Å². The van der Waals surface area contributed by atoms with Crippen molar-refractivity contribution in [1.29, 1.82) is 5.26 Å². The minimum absolute atomic E-state index is 0.172. The van der Waals surface area contributed by atoms with Crippen molar-refractivity contribution in [2.24, 2.45) is 0 Å². The van der Waals surface area contributed by atoms with E-state index >= 15 is 0 Å². The zero-order valence-corrected chi connectivity index (χ0v) is 8.18. The lowest BCUT2D eigenvalue weighted by molar-refractivity contribution is -0.0500. The minimum Gasteiger partial charge on any atom is -0.478 e. The Morgan fingerprint density at radius 3 is 2.59 bits per heavy atom. The van der Waals surface area contributed by atoms with E-state index in [0.717, 1.165) is 12.1 Å². The van der Waals surface area contributed by atoms with E-state index in [1.807, 2.05) is 0 Å². The van der Waals surface area contributed by atoms with E-state index in [4.69, 9.17) is 10.4 Å². The number of carboxylic acid groups (broad SMARTS) is 1. The van der Waals surface area contributed by atoms with Gasteiger partial charge in [0.15, 0.2) is 6.29 Å². The fourth-order valence-electron chi connectivity index (χ4n) is 1.16. The summed E-state index contributed by atoms with van der Waals surface area (Å²) in [7, 11) is 0. The number of aldehydes is 1. The maximum Gasteiger partial charge on any atom is 0.387 e. The molecule has 0 spiro atoms. The fourth-order valence-corrected chi connectivity index (χ4v) is 1.16. The highest BCUT2D eigenvalue weighted by atomic mass is 19.3. The summed E-state index contributed by atoms with van der Waals surface area (Å²) >= 11 is 0. The first-order valence-corrected chi connectivity index (χ1v) is 4.21. The van der Waals surface area contributed by atoms with Crippen molar-refractivity contribution in [3.05, 3.63) is 28.8 Å². The molecule has 0 aliphatic heterocycles. The fraction of sp³-hybridized carbons (Fsp3) is 0.100. The molecule has 0 amide bonds. The number of carboxylic acids is 1. The van der Waals surface area contributed by atoms with Crippen LogP contribution in [0.15, 0.2) is 12.1 Å². The molecule has 0 saturated heterocycles. The number of carbonyl (C=O) groups excluding carboxylic acids is 1. The van der Waals surface area contributed by atoms with E-state index in [9.17, 15) is 18.4 Å². The van der Waals surface area contributed by atoms with E-state index in [1.165, 1.54) is 6.07 Å². The third-order valence-electron chi connectivity index (χ3n) is 1.84. The standard InChI is InChI=1S/C10H5F2NO4/c11-10(12)17-8-2-5(3-13)7(9(15)16)1-6(8)4-14/h1-2,4,10H,(H,15,16). The van der Waals surface area contributed by atoms with Crippen molar-refractivity contribution < 1.29 is 28.2 Å². The SMILES string of the molecule is N#Cc1cc(OC(F)F)c(C=O)cc1C(=O)O. The zero-order valence-electron chi connectivity index (χ0n) is 8.18. The molecule has 0 bridgehead atoms. The van der Waals surface area contributed by atoms with Crippen molar-refractivity contribution in [3.8, 4) is 11.8 Å². The highest BCUT2D eigenvalue weighted by Crippen LogP contribution is 2.24. The maximum absolute atomic E-state index is 12.0. The van der Waals surface area contributed by atoms with E-state index in [0.29, 0.717) is 0 Å². The van der Waals surface area contributed by atoms with Crippen LogP contribution < -0.4 is 4.74 Å². The number of carbonyl (C=O) groups is 2. The predicted octanol–water partition coefficient (Wildman–Crippen LogP) is 1.67. The Morgan fingerprint density at radius 1 is 1.53 bits per heavy atom. The Morgan fingerprint density at radius 2 is 2.18 bits per heavy atom. The highest BCUT2D eigenvalue weighted by Gasteiger charge is 2.17. The van der Waals surface area contributed by atoms with Gasteiger partial charge in [-0.1, -0.05) is 0 Å². The number of hydrogen-bond acceptors (Lipinski definition) is 4. The third kappa shape index (κ3) is 2.75. The Hall–Kier alpha value is -2.49. The van der Waals surface area contributed by atoms with Gasteiger partial charge in [0.2, 0.25) is 0 Å². The van der Waals surface area contributed by atoms with Crippen molar-refractivity contribution in [2.45, 2.75) is 6.61 Å². The van der Waals surface area contributed by atoms with Crippen LogP contribution in [0.4, 0.5) is 8.78 Å². The van der Waals surface area contributed by atoms with Crippen LogP contribution in [0.5, 0.6) is 5.75 Å². The van der Waals surface area contributed by atoms with Gasteiger partial charge in [0.25, 0.3) is 0 Å². The average Bonchev–Trinajstić information content (AvgIpc) is 2.27. The first-order chi connectivity index (χ1) is 7.99. The highest BCUT2D eigenvalue weighted by molar-refractivity contribution is 5.94. The molecule has 0 saturated carbocycles. The summed E-state index contributed by atoms with van der Waals surface area (Å²) < 4.78 is 28.0. The topological polar surface area (TPSA) is 87.4 Å². The van der Waals surface area contributed by atoms with E-state index in [2.05, 4.69) is 4.74 Å². The number of nitrogens with zero attached hydrogens (tertiary/aromatic N) is 1. The summed E-state index contributed by atoms with van der Waals surface area (Å²) in [4.78, 5) is 21.3. The Bertz CT molecular complexity index is 508. The first kappa shape index (κ1) is 12.6. The number of aromatic carboxylic acids is 1. The molecule has 7 heteroatoms. The van der Waals surface area contributed by atoms with Gasteiger partial charge < -0.3 is 9.84 Å². The smallest absolute Gasteiger partial charge is 0.387 e. The molecule has 0 heterocycles. The molecular formula is C10H5F2NO4. The number of nitriles is 1. The molecule has 0 atom stereocenters. The van der Waals surface area contributed by atoms with Crippen molar-refractivity contribution >= 4 is 12.3 Å². The molecule has 1 aromatic carbocycles. The molecule has 17 heavy (non-hydrogen) atoms. The predicted molar refractivity (Wildman–Crippen MR) is 50.1 cm³/mol. The Balaban J connectivity index is 3.39. The number of rotatable bonds is 4. The first-order valence-electron chi connectivity index (χ1n) is 4.21. The van der Waals surface area contributed by atoms with E-state index in [-0.39, 0.29) is 17.4 Å². The van der Waals surface area contributed by atoms with Crippen LogP contribution >= 0.6 is 0 Å². The molecule has 0 aliphatic rings. The van der Waals surface area contributed by atoms with Crippen LogP contribution in [0.3, 0.4) is 0 Å². The second kappa shape index (κ2) is 5.03. The number of alkyl halides is 2. The monoisotopic (exact) mass is 241 g/mol. The van der Waals surface area contributed by atoms with Crippen LogP contribution in [0.1, 0.15) is 26.3 Å². The Labute approximate surface area is 93.8 Å². The molecule has 5 nitrogen and oxygen atoms in total. The second-order valence-corrected chi connectivity index (χ2v) is 2.85. The van der Waals surface area contributed by atoms with Crippen LogP contribution in [-0.4, -0.2) is 24.0 Å². The van der Waals surface area contributed by atoms with Crippen molar-refractivity contribution in [2.75, 3.05) is 0 Å². The molecule has 1 rings (SSSR count). The molecule has 0 aliphatic carbocycles. The number of ether oxygens (including phenoxy) is 1. The lowest BCUT2D eigenvalue weighted by atomic mass is 10.0.